The van der Waals surface area contributed by atoms with Crippen molar-refractivity contribution in [3.05, 3.63) is 63.1 Å². The van der Waals surface area contributed by atoms with Gasteiger partial charge in [0.25, 0.3) is 0 Å². The zero-order valence-corrected chi connectivity index (χ0v) is 19.7. The second kappa shape index (κ2) is 11.5. The van der Waals surface area contributed by atoms with Crippen LogP contribution < -0.4 is 4.74 Å². The summed E-state index contributed by atoms with van der Waals surface area (Å²) in [4.78, 5) is 4.52. The largest absolute Gasteiger partial charge is 0.491 e. The summed E-state index contributed by atoms with van der Waals surface area (Å²) in [5.74, 6) is 0.718. The minimum atomic E-state index is -0.554. The molecule has 170 valence electrons. The van der Waals surface area contributed by atoms with E-state index >= 15 is 0 Å². The third-order valence-corrected chi connectivity index (χ3v) is 6.52. The van der Waals surface area contributed by atoms with Crippen molar-refractivity contribution in [2.24, 2.45) is 0 Å². The molecule has 1 heterocycles. The van der Waals surface area contributed by atoms with Crippen LogP contribution in [0.1, 0.15) is 16.7 Å². The molecule has 2 aromatic carbocycles. The van der Waals surface area contributed by atoms with E-state index in [0.717, 1.165) is 53.6 Å². The average molecular weight is 467 g/mol. The second-order valence-electron chi connectivity index (χ2n) is 8.42. The Hall–Kier alpha value is -1.34. The number of aliphatic hydroxyl groups is 2. The van der Waals surface area contributed by atoms with E-state index in [1.807, 2.05) is 44.2 Å². The second-order valence-corrected chi connectivity index (χ2v) is 9.23. The number of aliphatic hydroxyl groups excluding tert-OH is 2. The molecule has 1 aliphatic rings. The molecule has 1 aliphatic heterocycles. The van der Waals surface area contributed by atoms with Crippen LogP contribution in [0, 0.1) is 13.8 Å². The summed E-state index contributed by atoms with van der Waals surface area (Å²) in [5.41, 5.74) is 3.10. The highest BCUT2D eigenvalue weighted by Gasteiger charge is 2.21. The molecular weight excluding hydrogens is 435 g/mol. The maximum Gasteiger partial charge on any atom is 0.119 e. The fraction of sp³-hybridized carbons (Fsp3) is 0.500. The minimum Gasteiger partial charge on any atom is -0.491 e. The highest BCUT2D eigenvalue weighted by atomic mass is 35.5. The lowest BCUT2D eigenvalue weighted by molar-refractivity contribution is 0.0334. The molecule has 0 aromatic heterocycles. The SMILES string of the molecule is Cc1cc(C[C@H](O)CN2CCN(C[C@H](O)COc3ccc(Cl)c(C)c3)CC2)ccc1Cl. The molecule has 1 saturated heterocycles. The molecule has 0 bridgehead atoms. The lowest BCUT2D eigenvalue weighted by Gasteiger charge is -2.36. The predicted octanol–water partition coefficient (Wildman–Crippen LogP) is 3.57. The molecule has 2 aromatic rings. The fourth-order valence-corrected chi connectivity index (χ4v) is 4.11. The molecule has 0 aliphatic carbocycles. The van der Waals surface area contributed by atoms with Gasteiger partial charge in [-0.3, -0.25) is 9.80 Å². The van der Waals surface area contributed by atoms with Gasteiger partial charge in [-0.15, -0.1) is 0 Å². The molecule has 2 atom stereocenters. The van der Waals surface area contributed by atoms with Crippen molar-refractivity contribution in [3.63, 3.8) is 0 Å². The Kier molecular flexibility index (Phi) is 9.02. The maximum absolute atomic E-state index is 10.5. The van der Waals surface area contributed by atoms with Crippen LogP contribution >= 0.6 is 23.2 Å². The van der Waals surface area contributed by atoms with Gasteiger partial charge in [0.05, 0.1) is 6.10 Å². The normalized spacial score (nSPS) is 17.5. The number of aryl methyl sites for hydroxylation is 2. The number of β-amino-alcohol motifs (C(OH)–C–C–N with tert-alkyl or cyclic N) is 2. The molecule has 3 rings (SSSR count). The van der Waals surface area contributed by atoms with Gasteiger partial charge in [0, 0.05) is 49.3 Å². The van der Waals surface area contributed by atoms with E-state index in [1.165, 1.54) is 0 Å². The monoisotopic (exact) mass is 466 g/mol. The summed E-state index contributed by atoms with van der Waals surface area (Å²) in [6.07, 6.45) is -0.339. The molecule has 0 amide bonds. The Morgan fingerprint density at radius 3 is 1.97 bits per heavy atom. The molecule has 31 heavy (non-hydrogen) atoms. The van der Waals surface area contributed by atoms with Crippen molar-refractivity contribution in [1.82, 2.24) is 9.80 Å². The van der Waals surface area contributed by atoms with Crippen molar-refractivity contribution >= 4 is 23.2 Å². The number of benzene rings is 2. The third-order valence-electron chi connectivity index (χ3n) is 5.67. The van der Waals surface area contributed by atoms with Gasteiger partial charge in [-0.2, -0.15) is 0 Å². The first-order chi connectivity index (χ1) is 14.8. The van der Waals surface area contributed by atoms with Gasteiger partial charge in [-0.05, 0) is 61.2 Å². The third kappa shape index (κ3) is 7.63. The molecule has 7 heteroatoms. The van der Waals surface area contributed by atoms with Crippen LogP contribution in [0.2, 0.25) is 10.0 Å². The Balaban J connectivity index is 1.35. The van der Waals surface area contributed by atoms with Gasteiger partial charge in [0.2, 0.25) is 0 Å². The average Bonchev–Trinajstić information content (AvgIpc) is 2.73. The van der Waals surface area contributed by atoms with Crippen molar-refractivity contribution in [3.8, 4) is 5.75 Å². The molecule has 1 fully saturated rings. The van der Waals surface area contributed by atoms with Gasteiger partial charge in [-0.25, -0.2) is 0 Å². The summed E-state index contributed by atoms with van der Waals surface area (Å²) in [6.45, 7) is 8.87. The van der Waals surface area contributed by atoms with Gasteiger partial charge >= 0.3 is 0 Å². The quantitative estimate of drug-likeness (QED) is 0.591. The Labute approximate surface area is 195 Å². The smallest absolute Gasteiger partial charge is 0.119 e. The Morgan fingerprint density at radius 1 is 0.839 bits per heavy atom. The van der Waals surface area contributed by atoms with Crippen LogP contribution in [0.4, 0.5) is 0 Å². The van der Waals surface area contributed by atoms with Crippen molar-refractivity contribution < 1.29 is 14.9 Å². The summed E-state index contributed by atoms with van der Waals surface area (Å²) >= 11 is 12.1. The highest BCUT2D eigenvalue weighted by Crippen LogP contribution is 2.21. The highest BCUT2D eigenvalue weighted by molar-refractivity contribution is 6.31. The molecule has 5 nitrogen and oxygen atoms in total. The number of hydrogen-bond acceptors (Lipinski definition) is 5. The van der Waals surface area contributed by atoms with Gasteiger partial charge in [0.15, 0.2) is 0 Å². The molecule has 0 radical (unpaired) electrons. The maximum atomic E-state index is 10.5. The number of nitrogens with zero attached hydrogens (tertiary/aromatic N) is 2. The fourth-order valence-electron chi connectivity index (χ4n) is 3.87. The van der Waals surface area contributed by atoms with E-state index in [0.29, 0.717) is 24.5 Å². The van der Waals surface area contributed by atoms with Crippen LogP contribution in [-0.2, 0) is 6.42 Å². The van der Waals surface area contributed by atoms with Crippen LogP contribution in [0.3, 0.4) is 0 Å². The minimum absolute atomic E-state index is 0.251. The van der Waals surface area contributed by atoms with Gasteiger partial charge in [0.1, 0.15) is 18.5 Å². The van der Waals surface area contributed by atoms with Gasteiger partial charge < -0.3 is 14.9 Å². The number of halogens is 2. The van der Waals surface area contributed by atoms with Crippen LogP contribution in [0.15, 0.2) is 36.4 Å². The summed E-state index contributed by atoms with van der Waals surface area (Å²) in [6, 6.07) is 11.4. The van der Waals surface area contributed by atoms with Crippen LogP contribution in [0.25, 0.3) is 0 Å². The first-order valence-electron chi connectivity index (χ1n) is 10.7. The number of ether oxygens (including phenoxy) is 1. The van der Waals surface area contributed by atoms with Crippen molar-refractivity contribution in [1.29, 1.82) is 0 Å². The topological polar surface area (TPSA) is 56.2 Å². The van der Waals surface area contributed by atoms with Crippen LogP contribution in [0.5, 0.6) is 5.75 Å². The number of rotatable bonds is 9. The Bertz CT molecular complexity index is 857. The zero-order valence-electron chi connectivity index (χ0n) is 18.2. The lowest BCUT2D eigenvalue weighted by Crippen LogP contribution is -2.50. The van der Waals surface area contributed by atoms with E-state index in [-0.39, 0.29) is 6.61 Å². The summed E-state index contributed by atoms with van der Waals surface area (Å²) in [5, 5.41) is 22.3. The Morgan fingerprint density at radius 2 is 1.39 bits per heavy atom. The van der Waals surface area contributed by atoms with E-state index in [9.17, 15) is 10.2 Å². The first-order valence-corrected chi connectivity index (χ1v) is 11.5. The molecule has 2 N–H and O–H groups in total. The van der Waals surface area contributed by atoms with Crippen LogP contribution in [-0.4, -0.2) is 78.1 Å². The first kappa shape index (κ1) is 24.3. The predicted molar refractivity (Wildman–Crippen MR) is 126 cm³/mol. The van der Waals surface area contributed by atoms with Crippen molar-refractivity contribution in [2.45, 2.75) is 32.5 Å². The number of piperazine rings is 1. The van der Waals surface area contributed by atoms with E-state index in [2.05, 4.69) is 9.80 Å². The molecule has 0 spiro atoms. The van der Waals surface area contributed by atoms with Crippen molar-refractivity contribution in [2.75, 3.05) is 45.9 Å². The van der Waals surface area contributed by atoms with E-state index in [1.54, 1.807) is 6.07 Å². The summed E-state index contributed by atoms with van der Waals surface area (Å²) < 4.78 is 5.70. The lowest BCUT2D eigenvalue weighted by atomic mass is 10.0. The molecular formula is C24H32Cl2N2O3. The zero-order chi connectivity index (χ0) is 22.4. The van der Waals surface area contributed by atoms with E-state index < -0.39 is 12.2 Å². The molecule has 0 unspecified atom stereocenters. The standard InChI is InChI=1S/C24H32Cl2N2O3/c1-17-11-19(3-5-23(17)25)13-20(29)14-27-7-9-28(10-8-27)15-21(30)16-31-22-4-6-24(26)18(2)12-22/h3-6,11-12,20-21,29-30H,7-10,13-16H2,1-2H3/t20-,21-/m0/s1. The van der Waals surface area contributed by atoms with E-state index in [4.69, 9.17) is 27.9 Å². The van der Waals surface area contributed by atoms with Gasteiger partial charge in [-0.1, -0.05) is 35.3 Å². The number of hydrogen-bond donors (Lipinski definition) is 2. The summed E-state index contributed by atoms with van der Waals surface area (Å²) in [7, 11) is 0. The molecule has 0 saturated carbocycles.